The van der Waals surface area contributed by atoms with Crippen LogP contribution in [0, 0.1) is 5.92 Å². The smallest absolute Gasteiger partial charge is 0.310 e. The molecule has 2 aromatic rings. The van der Waals surface area contributed by atoms with Gasteiger partial charge in [-0.05, 0) is 50.9 Å². The molecule has 1 amide bonds. The van der Waals surface area contributed by atoms with Gasteiger partial charge in [-0.2, -0.15) is 0 Å². The molecule has 0 aliphatic carbocycles. The molecule has 1 saturated heterocycles. The maximum Gasteiger partial charge on any atom is 0.310 e. The van der Waals surface area contributed by atoms with Gasteiger partial charge in [0, 0.05) is 12.3 Å². The fourth-order valence-electron chi connectivity index (χ4n) is 4.48. The van der Waals surface area contributed by atoms with E-state index in [1.807, 2.05) is 73.3 Å². The number of nitrogens with zero attached hydrogens (tertiary/aromatic N) is 3. The van der Waals surface area contributed by atoms with Crippen molar-refractivity contribution >= 4 is 34.8 Å². The predicted octanol–water partition coefficient (Wildman–Crippen LogP) is 4.00. The SMILES string of the molecule is CCOC(=O)[C@H]1CCCN(CC(=O)NC2=Nc3ccccc3N=C(C)[C@@H]2c2ccccc2)C1. The number of piperidine rings is 1. The number of nitrogens with one attached hydrogen (secondary N) is 1. The van der Waals surface area contributed by atoms with Crippen molar-refractivity contribution in [3.63, 3.8) is 0 Å². The minimum Gasteiger partial charge on any atom is -0.466 e. The first-order valence-electron chi connectivity index (χ1n) is 11.5. The summed E-state index contributed by atoms with van der Waals surface area (Å²) in [6, 6.07) is 17.6. The summed E-state index contributed by atoms with van der Waals surface area (Å²) >= 11 is 0. The molecule has 0 aromatic heterocycles. The third-order valence-electron chi connectivity index (χ3n) is 6.00. The molecule has 7 nitrogen and oxygen atoms in total. The number of ether oxygens (including phenoxy) is 1. The van der Waals surface area contributed by atoms with Crippen molar-refractivity contribution in [3.8, 4) is 0 Å². The molecule has 7 heteroatoms. The third-order valence-corrected chi connectivity index (χ3v) is 6.00. The number of fused-ring (bicyclic) bond motifs is 1. The summed E-state index contributed by atoms with van der Waals surface area (Å²) in [6.07, 6.45) is 1.66. The van der Waals surface area contributed by atoms with E-state index < -0.39 is 0 Å². The Balaban J connectivity index is 1.54. The first-order valence-corrected chi connectivity index (χ1v) is 11.5. The fraction of sp³-hybridized carbons (Fsp3) is 0.385. The molecule has 0 unspecified atom stereocenters. The molecule has 2 aromatic carbocycles. The number of carbonyl (C=O) groups is 2. The third kappa shape index (κ3) is 5.54. The number of esters is 1. The van der Waals surface area contributed by atoms with E-state index in [2.05, 4.69) is 5.32 Å². The van der Waals surface area contributed by atoms with E-state index in [4.69, 9.17) is 14.7 Å². The van der Waals surface area contributed by atoms with Crippen molar-refractivity contribution in [2.45, 2.75) is 32.6 Å². The van der Waals surface area contributed by atoms with Crippen molar-refractivity contribution in [1.82, 2.24) is 10.2 Å². The molecule has 0 radical (unpaired) electrons. The van der Waals surface area contributed by atoms with Gasteiger partial charge in [0.1, 0.15) is 5.84 Å². The van der Waals surface area contributed by atoms with E-state index in [0.717, 1.165) is 42.0 Å². The minimum atomic E-state index is -0.254. The maximum absolute atomic E-state index is 13.1. The number of rotatable bonds is 5. The van der Waals surface area contributed by atoms with E-state index in [0.29, 0.717) is 19.0 Å². The largest absolute Gasteiger partial charge is 0.466 e. The van der Waals surface area contributed by atoms with Gasteiger partial charge in [-0.1, -0.05) is 42.5 Å². The molecule has 4 rings (SSSR count). The summed E-state index contributed by atoms with van der Waals surface area (Å²) in [5, 5.41) is 3.07. The summed E-state index contributed by atoms with van der Waals surface area (Å²) in [6.45, 7) is 5.67. The highest BCUT2D eigenvalue weighted by atomic mass is 16.5. The fourth-order valence-corrected chi connectivity index (χ4v) is 4.48. The quantitative estimate of drug-likeness (QED) is 0.704. The van der Waals surface area contributed by atoms with E-state index in [1.165, 1.54) is 0 Å². The number of amidine groups is 1. The second kappa shape index (κ2) is 10.5. The Morgan fingerprint density at radius 1 is 1.06 bits per heavy atom. The number of likely N-dealkylation sites (tertiary alicyclic amines) is 1. The van der Waals surface area contributed by atoms with Crippen molar-refractivity contribution in [2.24, 2.45) is 15.9 Å². The highest BCUT2D eigenvalue weighted by Gasteiger charge is 2.30. The molecule has 0 bridgehead atoms. The van der Waals surface area contributed by atoms with Crippen LogP contribution in [0.5, 0.6) is 0 Å². The van der Waals surface area contributed by atoms with Gasteiger partial charge >= 0.3 is 5.97 Å². The van der Waals surface area contributed by atoms with Crippen molar-refractivity contribution in [2.75, 3.05) is 26.2 Å². The molecule has 2 heterocycles. The van der Waals surface area contributed by atoms with E-state index >= 15 is 0 Å². The average molecular weight is 447 g/mol. The Bertz CT molecular complexity index is 1060. The molecule has 0 spiro atoms. The van der Waals surface area contributed by atoms with E-state index in [-0.39, 0.29) is 30.3 Å². The van der Waals surface area contributed by atoms with Gasteiger partial charge in [-0.15, -0.1) is 0 Å². The Morgan fingerprint density at radius 2 is 1.76 bits per heavy atom. The number of hydrogen-bond acceptors (Lipinski definition) is 6. The van der Waals surface area contributed by atoms with Crippen LogP contribution in [0.1, 0.15) is 38.2 Å². The average Bonchev–Trinajstić information content (AvgIpc) is 2.95. The highest BCUT2D eigenvalue weighted by Crippen LogP contribution is 2.34. The molecular formula is C26H30N4O3. The topological polar surface area (TPSA) is 83.4 Å². The van der Waals surface area contributed by atoms with Gasteiger partial charge in [-0.3, -0.25) is 19.5 Å². The Labute approximate surface area is 194 Å². The first kappa shape index (κ1) is 22.9. The van der Waals surface area contributed by atoms with Gasteiger partial charge in [0.05, 0.1) is 36.4 Å². The summed E-state index contributed by atoms with van der Waals surface area (Å²) in [5.74, 6) is -0.192. The van der Waals surface area contributed by atoms with Crippen LogP contribution in [0.3, 0.4) is 0 Å². The summed E-state index contributed by atoms with van der Waals surface area (Å²) in [4.78, 5) is 36.9. The van der Waals surface area contributed by atoms with Gasteiger partial charge < -0.3 is 10.1 Å². The van der Waals surface area contributed by atoms with E-state index in [1.54, 1.807) is 0 Å². The van der Waals surface area contributed by atoms with Gasteiger partial charge in [0.15, 0.2) is 0 Å². The number of carbonyl (C=O) groups excluding carboxylic acids is 2. The monoisotopic (exact) mass is 446 g/mol. The van der Waals surface area contributed by atoms with Gasteiger partial charge in [0.2, 0.25) is 5.91 Å². The molecular weight excluding hydrogens is 416 g/mol. The van der Waals surface area contributed by atoms with Crippen LogP contribution >= 0.6 is 0 Å². The van der Waals surface area contributed by atoms with Crippen LogP contribution < -0.4 is 5.32 Å². The minimum absolute atomic E-state index is 0.147. The number of benzene rings is 2. The molecule has 0 saturated carbocycles. The summed E-state index contributed by atoms with van der Waals surface area (Å²) in [7, 11) is 0. The number of amides is 1. The molecule has 1 N–H and O–H groups in total. The lowest BCUT2D eigenvalue weighted by molar-refractivity contribution is -0.150. The van der Waals surface area contributed by atoms with Crippen LogP contribution in [0.4, 0.5) is 11.4 Å². The molecule has 2 aliphatic heterocycles. The molecule has 2 aliphatic rings. The standard InChI is InChI=1S/C26H30N4O3/c1-3-33-26(32)20-12-9-15-30(16-20)17-23(31)29-25-24(19-10-5-4-6-11-19)18(2)27-21-13-7-8-14-22(21)28-25/h4-8,10-11,13-14,20,24H,3,9,12,15-17H2,1-2H3,(H,28,29,31)/t20-,24+/m0/s1. The summed E-state index contributed by atoms with van der Waals surface area (Å²) in [5.41, 5.74) is 3.40. The Morgan fingerprint density at radius 3 is 2.48 bits per heavy atom. The lowest BCUT2D eigenvalue weighted by Crippen LogP contribution is -2.47. The number of hydrogen-bond donors (Lipinski definition) is 1. The lowest BCUT2D eigenvalue weighted by atomic mass is 9.93. The second-order valence-electron chi connectivity index (χ2n) is 8.46. The molecule has 33 heavy (non-hydrogen) atoms. The molecule has 2 atom stereocenters. The molecule has 172 valence electrons. The van der Waals surface area contributed by atoms with E-state index in [9.17, 15) is 9.59 Å². The van der Waals surface area contributed by atoms with Crippen LogP contribution in [0.2, 0.25) is 0 Å². The predicted molar refractivity (Wildman–Crippen MR) is 129 cm³/mol. The highest BCUT2D eigenvalue weighted by molar-refractivity contribution is 6.17. The number of aliphatic imine (C=N–C) groups is 2. The van der Waals surface area contributed by atoms with Crippen molar-refractivity contribution in [1.29, 1.82) is 0 Å². The second-order valence-corrected chi connectivity index (χ2v) is 8.46. The van der Waals surface area contributed by atoms with Crippen LogP contribution in [0.15, 0.2) is 64.6 Å². The van der Waals surface area contributed by atoms with Gasteiger partial charge in [-0.25, -0.2) is 4.99 Å². The normalized spacial score (nSPS) is 20.7. The Hall–Kier alpha value is -3.32. The number of para-hydroxylation sites is 2. The zero-order valence-corrected chi connectivity index (χ0v) is 19.2. The van der Waals surface area contributed by atoms with Crippen LogP contribution in [0.25, 0.3) is 0 Å². The zero-order chi connectivity index (χ0) is 23.2. The van der Waals surface area contributed by atoms with Crippen LogP contribution in [-0.2, 0) is 14.3 Å². The Kier molecular flexibility index (Phi) is 7.29. The van der Waals surface area contributed by atoms with Gasteiger partial charge in [0.25, 0.3) is 0 Å². The lowest BCUT2D eigenvalue weighted by Gasteiger charge is -2.31. The van der Waals surface area contributed by atoms with Crippen molar-refractivity contribution in [3.05, 3.63) is 60.2 Å². The van der Waals surface area contributed by atoms with Crippen molar-refractivity contribution < 1.29 is 14.3 Å². The first-order chi connectivity index (χ1) is 16.0. The maximum atomic E-state index is 13.1. The van der Waals surface area contributed by atoms with Crippen LogP contribution in [-0.4, -0.2) is 54.6 Å². The molecule has 1 fully saturated rings. The zero-order valence-electron chi connectivity index (χ0n) is 19.2. The summed E-state index contributed by atoms with van der Waals surface area (Å²) < 4.78 is 5.18.